The van der Waals surface area contributed by atoms with E-state index < -0.39 is 0 Å². The van der Waals surface area contributed by atoms with Crippen molar-refractivity contribution < 1.29 is 0 Å². The fourth-order valence-electron chi connectivity index (χ4n) is 1.43. The number of halogens is 1. The highest BCUT2D eigenvalue weighted by Crippen LogP contribution is 2.25. The van der Waals surface area contributed by atoms with Gasteiger partial charge in [-0.15, -0.1) is 0 Å². The lowest BCUT2D eigenvalue weighted by Gasteiger charge is -2.35. The third-order valence-corrected chi connectivity index (χ3v) is 4.56. The number of rotatable bonds is 3. The summed E-state index contributed by atoms with van der Waals surface area (Å²) in [6.07, 6.45) is 1.98. The monoisotopic (exact) mass is 298 g/mol. The molecule has 0 aliphatic heterocycles. The minimum Gasteiger partial charge on any atom is -0.354 e. The summed E-state index contributed by atoms with van der Waals surface area (Å²) in [4.78, 5) is 6.77. The number of aromatic nitrogens is 1. The molecule has 0 radical (unpaired) electrons. The summed E-state index contributed by atoms with van der Waals surface area (Å²) in [7, 11) is 2.08. The van der Waals surface area contributed by atoms with Crippen molar-refractivity contribution in [2.24, 2.45) is 0 Å². The summed E-state index contributed by atoms with van der Waals surface area (Å²) in [6, 6.07) is 4.27. The molecule has 0 saturated carbocycles. The Kier molecular flexibility index (Phi) is 4.23. The van der Waals surface area contributed by atoms with Gasteiger partial charge in [-0.3, -0.25) is 0 Å². The smallest absolute Gasteiger partial charge is 0.128 e. The average molecular weight is 299 g/mol. The molecule has 0 bridgehead atoms. The number of hydrogen-bond acceptors (Lipinski definition) is 2. The molecule has 0 aliphatic rings. The SMILES string of the molecule is CN(c1ccc(C(C)(C)C)cn1)C(C)(C)CBr. The van der Waals surface area contributed by atoms with Crippen molar-refractivity contribution >= 4 is 21.7 Å². The molecular formula is C14H23BrN2. The molecule has 0 N–H and O–H groups in total. The summed E-state index contributed by atoms with van der Waals surface area (Å²) in [5.74, 6) is 1.02. The minimum atomic E-state index is 0.0657. The van der Waals surface area contributed by atoms with E-state index in [1.165, 1.54) is 5.56 Å². The van der Waals surface area contributed by atoms with Crippen LogP contribution in [0.25, 0.3) is 0 Å². The lowest BCUT2D eigenvalue weighted by molar-refractivity contribution is 0.545. The molecular weight excluding hydrogens is 276 g/mol. The summed E-state index contributed by atoms with van der Waals surface area (Å²) in [6.45, 7) is 11.0. The Hall–Kier alpha value is -0.570. The molecule has 0 spiro atoms. The Morgan fingerprint density at radius 3 is 2.12 bits per heavy atom. The van der Waals surface area contributed by atoms with E-state index in [4.69, 9.17) is 0 Å². The first kappa shape index (κ1) is 14.5. The largest absolute Gasteiger partial charge is 0.354 e. The first-order chi connectivity index (χ1) is 7.68. The van der Waals surface area contributed by atoms with Gasteiger partial charge >= 0.3 is 0 Å². The third kappa shape index (κ3) is 3.44. The molecule has 0 atom stereocenters. The van der Waals surface area contributed by atoms with E-state index in [1.54, 1.807) is 0 Å². The van der Waals surface area contributed by atoms with Crippen LogP contribution < -0.4 is 4.90 Å². The molecule has 1 aromatic rings. The van der Waals surface area contributed by atoms with Gasteiger partial charge in [-0.05, 0) is 30.9 Å². The zero-order chi connectivity index (χ0) is 13.3. The Labute approximate surface area is 114 Å². The van der Waals surface area contributed by atoms with Gasteiger partial charge in [0.15, 0.2) is 0 Å². The van der Waals surface area contributed by atoms with Gasteiger partial charge in [-0.25, -0.2) is 4.98 Å². The molecule has 96 valence electrons. The molecule has 0 unspecified atom stereocenters. The Morgan fingerprint density at radius 1 is 1.18 bits per heavy atom. The van der Waals surface area contributed by atoms with Crippen molar-refractivity contribution in [3.8, 4) is 0 Å². The van der Waals surface area contributed by atoms with E-state index in [9.17, 15) is 0 Å². The van der Waals surface area contributed by atoms with E-state index in [0.29, 0.717) is 0 Å². The van der Waals surface area contributed by atoms with Gasteiger partial charge in [-0.2, -0.15) is 0 Å². The molecule has 3 heteroatoms. The highest BCUT2D eigenvalue weighted by atomic mass is 79.9. The summed E-state index contributed by atoms with van der Waals surface area (Å²) >= 11 is 3.55. The van der Waals surface area contributed by atoms with Crippen LogP contribution in [0.2, 0.25) is 0 Å². The molecule has 0 aromatic carbocycles. The standard InChI is InChI=1S/C14H23BrN2/c1-13(2,3)11-7-8-12(16-9-11)17(6)14(4,5)10-15/h7-9H,10H2,1-6H3. The van der Waals surface area contributed by atoms with Gasteiger partial charge < -0.3 is 4.90 Å². The van der Waals surface area contributed by atoms with Crippen molar-refractivity contribution in [2.75, 3.05) is 17.3 Å². The Morgan fingerprint density at radius 2 is 1.76 bits per heavy atom. The number of alkyl halides is 1. The third-order valence-electron chi connectivity index (χ3n) is 3.19. The number of anilines is 1. The van der Waals surface area contributed by atoms with Crippen molar-refractivity contribution in [3.63, 3.8) is 0 Å². The zero-order valence-corrected chi connectivity index (χ0v) is 13.3. The second kappa shape index (κ2) is 4.97. The van der Waals surface area contributed by atoms with Crippen LogP contribution in [0.15, 0.2) is 18.3 Å². The molecule has 0 fully saturated rings. The lowest BCUT2D eigenvalue weighted by Crippen LogP contribution is -2.43. The van der Waals surface area contributed by atoms with Crippen molar-refractivity contribution in [1.82, 2.24) is 4.98 Å². The molecule has 1 aromatic heterocycles. The quantitative estimate of drug-likeness (QED) is 0.785. The number of nitrogens with zero attached hydrogens (tertiary/aromatic N) is 2. The Balaban J connectivity index is 2.96. The number of hydrogen-bond donors (Lipinski definition) is 0. The van der Waals surface area contributed by atoms with Crippen molar-refractivity contribution in [1.29, 1.82) is 0 Å². The summed E-state index contributed by atoms with van der Waals surface area (Å²) in [5, 5.41) is 0.916. The fraction of sp³-hybridized carbons (Fsp3) is 0.643. The second-order valence-corrected chi connectivity index (χ2v) is 6.72. The van der Waals surface area contributed by atoms with Gasteiger partial charge in [-0.1, -0.05) is 42.8 Å². The molecule has 1 rings (SSSR count). The van der Waals surface area contributed by atoms with Gasteiger partial charge in [0, 0.05) is 24.1 Å². The molecule has 0 aliphatic carbocycles. The fourth-order valence-corrected chi connectivity index (χ4v) is 1.80. The first-order valence-corrected chi connectivity index (χ1v) is 7.07. The van der Waals surface area contributed by atoms with Crippen LogP contribution in [0, 0.1) is 0 Å². The predicted octanol–water partition coefficient (Wildman–Crippen LogP) is 3.99. The Bertz CT molecular complexity index is 363. The van der Waals surface area contributed by atoms with Crippen molar-refractivity contribution in [2.45, 2.75) is 45.6 Å². The normalized spacial score (nSPS) is 12.6. The van der Waals surface area contributed by atoms with E-state index >= 15 is 0 Å². The molecule has 1 heterocycles. The molecule has 0 amide bonds. The van der Waals surface area contributed by atoms with E-state index in [-0.39, 0.29) is 11.0 Å². The molecule has 17 heavy (non-hydrogen) atoms. The van der Waals surface area contributed by atoms with Gasteiger partial charge in [0.05, 0.1) is 0 Å². The van der Waals surface area contributed by atoms with Gasteiger partial charge in [0.1, 0.15) is 5.82 Å². The van der Waals surface area contributed by atoms with Gasteiger partial charge in [0.25, 0.3) is 0 Å². The summed E-state index contributed by atoms with van der Waals surface area (Å²) in [5.41, 5.74) is 1.50. The molecule has 0 saturated heterocycles. The maximum atomic E-state index is 4.56. The van der Waals surface area contributed by atoms with Gasteiger partial charge in [0.2, 0.25) is 0 Å². The highest BCUT2D eigenvalue weighted by molar-refractivity contribution is 9.09. The summed E-state index contributed by atoms with van der Waals surface area (Å²) < 4.78 is 0. The minimum absolute atomic E-state index is 0.0657. The first-order valence-electron chi connectivity index (χ1n) is 5.95. The van der Waals surface area contributed by atoms with Crippen LogP contribution in [0.1, 0.15) is 40.2 Å². The van der Waals surface area contributed by atoms with Crippen LogP contribution in [0.5, 0.6) is 0 Å². The van der Waals surface area contributed by atoms with Crippen molar-refractivity contribution in [3.05, 3.63) is 23.9 Å². The molecule has 2 nitrogen and oxygen atoms in total. The average Bonchev–Trinajstić information content (AvgIpc) is 2.27. The maximum Gasteiger partial charge on any atom is 0.128 e. The van der Waals surface area contributed by atoms with Crippen LogP contribution >= 0.6 is 15.9 Å². The maximum absolute atomic E-state index is 4.56. The van der Waals surface area contributed by atoms with E-state index in [0.717, 1.165) is 11.1 Å². The topological polar surface area (TPSA) is 16.1 Å². The van der Waals surface area contributed by atoms with Crippen LogP contribution in [0.3, 0.4) is 0 Å². The lowest BCUT2D eigenvalue weighted by atomic mass is 9.88. The van der Waals surface area contributed by atoms with Crippen LogP contribution in [0.4, 0.5) is 5.82 Å². The number of pyridine rings is 1. The van der Waals surface area contributed by atoms with Crippen LogP contribution in [-0.2, 0) is 5.41 Å². The second-order valence-electron chi connectivity index (χ2n) is 6.16. The predicted molar refractivity (Wildman–Crippen MR) is 79.2 cm³/mol. The van der Waals surface area contributed by atoms with E-state index in [1.807, 2.05) is 6.20 Å². The highest BCUT2D eigenvalue weighted by Gasteiger charge is 2.23. The van der Waals surface area contributed by atoms with Crippen LogP contribution in [-0.4, -0.2) is 22.9 Å². The zero-order valence-electron chi connectivity index (χ0n) is 11.7. The van der Waals surface area contributed by atoms with E-state index in [2.05, 4.69) is 79.6 Å².